The Kier molecular flexibility index (Phi) is 4.21. The molecule has 2 aliphatic carbocycles. The van der Waals surface area contributed by atoms with E-state index in [9.17, 15) is 0 Å². The van der Waals surface area contributed by atoms with Gasteiger partial charge in [0.2, 0.25) is 5.95 Å². The number of nitrogens with zero attached hydrogens (tertiary/aromatic N) is 4. The number of hydrogen-bond donors (Lipinski definition) is 3. The average Bonchev–Trinajstić information content (AvgIpc) is 2.98. The van der Waals surface area contributed by atoms with Crippen molar-refractivity contribution in [2.45, 2.75) is 38.3 Å². The van der Waals surface area contributed by atoms with Crippen LogP contribution in [-0.4, -0.2) is 38.9 Å². The van der Waals surface area contributed by atoms with E-state index >= 15 is 0 Å². The third-order valence-corrected chi connectivity index (χ3v) is 6.05. The number of halogens is 1. The van der Waals surface area contributed by atoms with E-state index in [1.165, 1.54) is 25.7 Å². The molecule has 3 aliphatic rings. The summed E-state index contributed by atoms with van der Waals surface area (Å²) in [7, 11) is 0. The maximum Gasteiger partial charge on any atom is 0.229 e. The van der Waals surface area contributed by atoms with E-state index in [1.54, 1.807) is 6.20 Å². The molecule has 0 radical (unpaired) electrons. The predicted octanol–water partition coefficient (Wildman–Crippen LogP) is 2.89. The van der Waals surface area contributed by atoms with Crippen molar-refractivity contribution in [3.8, 4) is 0 Å². The first-order chi connectivity index (χ1) is 12.7. The molecule has 2 unspecified atom stereocenters. The monoisotopic (exact) mass is 373 g/mol. The van der Waals surface area contributed by atoms with Crippen molar-refractivity contribution in [2.75, 3.05) is 23.7 Å². The third kappa shape index (κ3) is 3.50. The Morgan fingerprint density at radius 3 is 2.77 bits per heavy atom. The zero-order valence-corrected chi connectivity index (χ0v) is 15.4. The van der Waals surface area contributed by atoms with Gasteiger partial charge in [0.25, 0.3) is 0 Å². The first-order valence-electron chi connectivity index (χ1n) is 9.52. The molecule has 5 rings (SSSR count). The molecule has 2 aromatic heterocycles. The minimum atomic E-state index is 0.439. The van der Waals surface area contributed by atoms with Crippen LogP contribution in [0.1, 0.15) is 25.7 Å². The summed E-state index contributed by atoms with van der Waals surface area (Å²) in [5.41, 5.74) is 0.903. The van der Waals surface area contributed by atoms with Crippen LogP contribution in [0.4, 0.5) is 17.5 Å². The minimum Gasteiger partial charge on any atom is -0.366 e. The molecule has 0 amide bonds. The lowest BCUT2D eigenvalue weighted by atomic mass is 10.0. The van der Waals surface area contributed by atoms with Crippen LogP contribution in [0.5, 0.6) is 0 Å². The fraction of sp³-hybridized carbons (Fsp3) is 0.611. The Labute approximate surface area is 157 Å². The number of rotatable bonds is 6. The molecule has 0 spiro atoms. The molecule has 0 aromatic carbocycles. The molecule has 1 saturated heterocycles. The van der Waals surface area contributed by atoms with Gasteiger partial charge in [0.1, 0.15) is 5.02 Å². The summed E-state index contributed by atoms with van der Waals surface area (Å²) in [6, 6.07) is 0.439. The van der Waals surface area contributed by atoms with Crippen molar-refractivity contribution in [1.82, 2.24) is 25.1 Å². The van der Waals surface area contributed by atoms with Crippen LogP contribution in [0.2, 0.25) is 5.02 Å². The standard InChI is InChI=1S/C18H24ClN7/c19-16-8-21-18(24-15-7-22-26(10-15)9-11-1-2-11)25-17(16)23-14-3-12-5-20-6-13(12)4-14/h7-8,10-14,20H,1-6,9H2,(H2,21,23,24,25). The molecule has 0 bridgehead atoms. The second-order valence-electron chi connectivity index (χ2n) is 7.90. The van der Waals surface area contributed by atoms with Crippen molar-refractivity contribution in [1.29, 1.82) is 0 Å². The van der Waals surface area contributed by atoms with Crippen LogP contribution in [-0.2, 0) is 6.54 Å². The Morgan fingerprint density at radius 1 is 1.19 bits per heavy atom. The van der Waals surface area contributed by atoms with Crippen LogP contribution in [0.25, 0.3) is 0 Å². The van der Waals surface area contributed by atoms with Gasteiger partial charge in [-0.05, 0) is 56.5 Å². The van der Waals surface area contributed by atoms with Crippen LogP contribution in [0, 0.1) is 17.8 Å². The number of hydrogen-bond acceptors (Lipinski definition) is 6. The van der Waals surface area contributed by atoms with Gasteiger partial charge in [0, 0.05) is 18.8 Å². The van der Waals surface area contributed by atoms with Crippen LogP contribution in [0.15, 0.2) is 18.6 Å². The second kappa shape index (κ2) is 6.70. The number of nitrogens with one attached hydrogen (secondary N) is 3. The molecular weight excluding hydrogens is 350 g/mol. The molecule has 3 fully saturated rings. The molecular formula is C18H24ClN7. The molecule has 138 valence electrons. The molecule has 7 nitrogen and oxygen atoms in total. The highest BCUT2D eigenvalue weighted by molar-refractivity contribution is 6.32. The van der Waals surface area contributed by atoms with E-state index < -0.39 is 0 Å². The maximum absolute atomic E-state index is 6.32. The first kappa shape index (κ1) is 16.3. The number of anilines is 3. The molecule has 1 aliphatic heterocycles. The highest BCUT2D eigenvalue weighted by Crippen LogP contribution is 2.36. The molecule has 8 heteroatoms. The lowest BCUT2D eigenvalue weighted by Crippen LogP contribution is -2.21. The molecule has 2 aromatic rings. The summed E-state index contributed by atoms with van der Waals surface area (Å²) in [6.45, 7) is 3.27. The van der Waals surface area contributed by atoms with Gasteiger partial charge in [-0.15, -0.1) is 0 Å². The van der Waals surface area contributed by atoms with Crippen molar-refractivity contribution in [2.24, 2.45) is 17.8 Å². The zero-order valence-electron chi connectivity index (χ0n) is 14.7. The summed E-state index contributed by atoms with van der Waals surface area (Å²) in [6.07, 6.45) is 10.5. The summed E-state index contributed by atoms with van der Waals surface area (Å²) in [4.78, 5) is 8.90. The fourth-order valence-corrected chi connectivity index (χ4v) is 4.37. The largest absolute Gasteiger partial charge is 0.366 e. The van der Waals surface area contributed by atoms with Gasteiger partial charge >= 0.3 is 0 Å². The first-order valence-corrected chi connectivity index (χ1v) is 9.90. The topological polar surface area (TPSA) is 79.7 Å². The third-order valence-electron chi connectivity index (χ3n) is 5.77. The van der Waals surface area contributed by atoms with Gasteiger partial charge in [-0.25, -0.2) is 4.98 Å². The van der Waals surface area contributed by atoms with Gasteiger partial charge in [-0.3, -0.25) is 4.68 Å². The number of fused-ring (bicyclic) bond motifs is 1. The van der Waals surface area contributed by atoms with Gasteiger partial charge < -0.3 is 16.0 Å². The van der Waals surface area contributed by atoms with Crippen LogP contribution < -0.4 is 16.0 Å². The second-order valence-corrected chi connectivity index (χ2v) is 8.31. The SMILES string of the molecule is Clc1cnc(Nc2cnn(CC3CC3)c2)nc1NC1CC2CNCC2C1. The molecule has 3 heterocycles. The lowest BCUT2D eigenvalue weighted by Gasteiger charge is -2.16. The Morgan fingerprint density at radius 2 is 2.00 bits per heavy atom. The van der Waals surface area contributed by atoms with Gasteiger partial charge in [-0.1, -0.05) is 11.6 Å². The molecule has 2 atom stereocenters. The summed E-state index contributed by atoms with van der Waals surface area (Å²) in [5, 5.41) is 15.2. The van der Waals surface area contributed by atoms with E-state index in [-0.39, 0.29) is 0 Å². The predicted molar refractivity (Wildman–Crippen MR) is 102 cm³/mol. The summed E-state index contributed by atoms with van der Waals surface area (Å²) < 4.78 is 1.99. The van der Waals surface area contributed by atoms with Crippen molar-refractivity contribution >= 4 is 29.1 Å². The van der Waals surface area contributed by atoms with Gasteiger partial charge in [0.05, 0.1) is 18.1 Å². The number of aromatic nitrogens is 4. The van der Waals surface area contributed by atoms with Crippen LogP contribution >= 0.6 is 11.6 Å². The van der Waals surface area contributed by atoms with E-state index in [0.717, 1.165) is 43.1 Å². The normalized spacial score (nSPS) is 27.5. The van der Waals surface area contributed by atoms with E-state index in [1.807, 2.05) is 17.1 Å². The average molecular weight is 374 g/mol. The Balaban J connectivity index is 1.25. The molecule has 3 N–H and O–H groups in total. The molecule has 26 heavy (non-hydrogen) atoms. The van der Waals surface area contributed by atoms with Gasteiger partial charge in [0.15, 0.2) is 5.82 Å². The van der Waals surface area contributed by atoms with E-state index in [4.69, 9.17) is 11.6 Å². The minimum absolute atomic E-state index is 0.439. The summed E-state index contributed by atoms with van der Waals surface area (Å²) in [5.74, 6) is 3.62. The maximum atomic E-state index is 6.32. The lowest BCUT2D eigenvalue weighted by molar-refractivity contribution is 0.494. The molecule has 2 saturated carbocycles. The van der Waals surface area contributed by atoms with E-state index in [0.29, 0.717) is 22.8 Å². The van der Waals surface area contributed by atoms with Crippen molar-refractivity contribution in [3.63, 3.8) is 0 Å². The zero-order chi connectivity index (χ0) is 17.5. The highest BCUT2D eigenvalue weighted by Gasteiger charge is 2.37. The Hall–Kier alpha value is -1.86. The quantitative estimate of drug-likeness (QED) is 0.722. The van der Waals surface area contributed by atoms with Crippen LogP contribution in [0.3, 0.4) is 0 Å². The van der Waals surface area contributed by atoms with Crippen molar-refractivity contribution in [3.05, 3.63) is 23.6 Å². The highest BCUT2D eigenvalue weighted by atomic mass is 35.5. The smallest absolute Gasteiger partial charge is 0.229 e. The fourth-order valence-electron chi connectivity index (χ4n) is 4.23. The van der Waals surface area contributed by atoms with Crippen molar-refractivity contribution < 1.29 is 0 Å². The summed E-state index contributed by atoms with van der Waals surface area (Å²) >= 11 is 6.32. The van der Waals surface area contributed by atoms with E-state index in [2.05, 4.69) is 31.0 Å². The Bertz CT molecular complexity index is 776. The van der Waals surface area contributed by atoms with Gasteiger partial charge in [-0.2, -0.15) is 10.1 Å².